The van der Waals surface area contributed by atoms with Crippen molar-refractivity contribution in [2.24, 2.45) is 0 Å². The van der Waals surface area contributed by atoms with E-state index in [2.05, 4.69) is 5.32 Å². The molecule has 40 heavy (non-hydrogen) atoms. The van der Waals surface area contributed by atoms with Crippen LogP contribution >= 0.6 is 0 Å². The molecule has 0 fully saturated rings. The normalized spacial score (nSPS) is 12.8. The maximum Gasteiger partial charge on any atom is 0.244 e. The van der Waals surface area contributed by atoms with E-state index in [4.69, 9.17) is 0 Å². The largest absolute Gasteiger partial charge is 0.352 e. The number of rotatable bonds is 13. The van der Waals surface area contributed by atoms with Gasteiger partial charge in [0.25, 0.3) is 0 Å². The Kier molecular flexibility index (Phi) is 10.9. The van der Waals surface area contributed by atoms with Crippen molar-refractivity contribution in [3.05, 3.63) is 101 Å². The number of carbonyl (C=O) groups excluding carboxylic acids is 2. The van der Waals surface area contributed by atoms with E-state index < -0.39 is 28.5 Å². The quantitative estimate of drug-likeness (QED) is 0.321. The van der Waals surface area contributed by atoms with E-state index in [1.165, 1.54) is 4.90 Å². The summed E-state index contributed by atoms with van der Waals surface area (Å²) in [6.07, 6.45) is 2.75. The molecule has 2 atom stereocenters. The van der Waals surface area contributed by atoms with Gasteiger partial charge in [0, 0.05) is 19.0 Å². The third-order valence-corrected chi connectivity index (χ3v) is 8.19. The number of carbonyl (C=O) groups is 2. The summed E-state index contributed by atoms with van der Waals surface area (Å²) in [5.41, 5.74) is 4.13. The fourth-order valence-corrected chi connectivity index (χ4v) is 5.41. The molecule has 0 saturated carbocycles. The van der Waals surface area contributed by atoms with Crippen LogP contribution in [-0.2, 0) is 39.0 Å². The summed E-state index contributed by atoms with van der Waals surface area (Å²) in [5, 5.41) is 3.05. The number of aryl methyl sites for hydroxylation is 2. The molecule has 0 aromatic heterocycles. The van der Waals surface area contributed by atoms with Crippen LogP contribution in [0.3, 0.4) is 0 Å². The minimum absolute atomic E-state index is 0.0777. The highest BCUT2D eigenvalue weighted by Crippen LogP contribution is 2.24. The fraction of sp³-hybridized carbons (Fsp3) is 0.375. The minimum atomic E-state index is -3.80. The van der Waals surface area contributed by atoms with Crippen molar-refractivity contribution in [1.29, 1.82) is 0 Å². The van der Waals surface area contributed by atoms with Crippen molar-refractivity contribution >= 4 is 27.5 Å². The second-order valence-corrected chi connectivity index (χ2v) is 12.2. The zero-order valence-electron chi connectivity index (χ0n) is 24.1. The van der Waals surface area contributed by atoms with Crippen molar-refractivity contribution in [1.82, 2.24) is 10.2 Å². The van der Waals surface area contributed by atoms with Crippen LogP contribution in [0.2, 0.25) is 0 Å². The summed E-state index contributed by atoms with van der Waals surface area (Å²) >= 11 is 0. The number of sulfonamides is 1. The molecule has 7 nitrogen and oxygen atoms in total. The molecule has 0 bridgehead atoms. The standard InChI is InChI=1S/C32H41N3O4S/c1-6-25(4)33-32(37)30(21-26-13-9-8-10-14-26)34(22-27-19-17-24(3)18-20-27)31(36)23-35(40(5,38)39)29-16-12-11-15-28(29)7-2/h8-20,25,30H,6-7,21-23H2,1-5H3,(H,33,37)/t25-,30-/m0/s1. The van der Waals surface area contributed by atoms with Crippen LogP contribution in [0.15, 0.2) is 78.9 Å². The van der Waals surface area contributed by atoms with Crippen molar-refractivity contribution in [2.75, 3.05) is 17.1 Å². The van der Waals surface area contributed by atoms with Gasteiger partial charge in [-0.25, -0.2) is 8.42 Å². The molecule has 0 heterocycles. The molecule has 3 rings (SSSR count). The molecule has 0 saturated heterocycles. The van der Waals surface area contributed by atoms with Gasteiger partial charge < -0.3 is 10.2 Å². The number of para-hydroxylation sites is 1. The Morgan fingerprint density at radius 1 is 0.875 bits per heavy atom. The lowest BCUT2D eigenvalue weighted by Gasteiger charge is -2.34. The number of nitrogens with one attached hydrogen (secondary N) is 1. The van der Waals surface area contributed by atoms with Crippen LogP contribution in [0.4, 0.5) is 5.69 Å². The molecule has 0 aliphatic heterocycles. The van der Waals surface area contributed by atoms with Crippen LogP contribution in [0.1, 0.15) is 49.4 Å². The Morgan fingerprint density at radius 3 is 2.10 bits per heavy atom. The Bertz CT molecular complexity index is 1370. The van der Waals surface area contributed by atoms with Gasteiger partial charge in [0.15, 0.2) is 0 Å². The molecule has 2 amide bonds. The third-order valence-electron chi connectivity index (χ3n) is 7.07. The lowest BCUT2D eigenvalue weighted by molar-refractivity contribution is -0.140. The van der Waals surface area contributed by atoms with Gasteiger partial charge in [0.2, 0.25) is 21.8 Å². The summed E-state index contributed by atoms with van der Waals surface area (Å²) in [6.45, 7) is 7.60. The topological polar surface area (TPSA) is 86.8 Å². The Labute approximate surface area is 239 Å². The van der Waals surface area contributed by atoms with Gasteiger partial charge in [-0.1, -0.05) is 92.2 Å². The molecule has 3 aromatic rings. The van der Waals surface area contributed by atoms with Crippen LogP contribution < -0.4 is 9.62 Å². The van der Waals surface area contributed by atoms with E-state index in [1.807, 2.05) is 94.4 Å². The predicted octanol–water partition coefficient (Wildman–Crippen LogP) is 4.88. The van der Waals surface area contributed by atoms with Gasteiger partial charge in [-0.2, -0.15) is 0 Å². The van der Waals surface area contributed by atoms with Crippen LogP contribution in [0, 0.1) is 6.92 Å². The molecule has 0 radical (unpaired) electrons. The van der Waals surface area contributed by atoms with Gasteiger partial charge in [-0.15, -0.1) is 0 Å². The third kappa shape index (κ3) is 8.42. The predicted molar refractivity (Wildman–Crippen MR) is 162 cm³/mol. The van der Waals surface area contributed by atoms with E-state index in [0.29, 0.717) is 18.5 Å². The Morgan fingerprint density at radius 2 is 1.50 bits per heavy atom. The molecule has 0 aliphatic rings. The first-order chi connectivity index (χ1) is 19.0. The minimum Gasteiger partial charge on any atom is -0.352 e. The summed E-state index contributed by atoms with van der Waals surface area (Å²) in [5.74, 6) is -0.712. The number of benzene rings is 3. The smallest absolute Gasteiger partial charge is 0.244 e. The monoisotopic (exact) mass is 563 g/mol. The highest BCUT2D eigenvalue weighted by atomic mass is 32.2. The first-order valence-electron chi connectivity index (χ1n) is 13.8. The van der Waals surface area contributed by atoms with E-state index in [1.54, 1.807) is 12.1 Å². The molecule has 0 aliphatic carbocycles. The average molecular weight is 564 g/mol. The summed E-state index contributed by atoms with van der Waals surface area (Å²) in [7, 11) is -3.80. The number of nitrogens with zero attached hydrogens (tertiary/aromatic N) is 2. The maximum absolute atomic E-state index is 14.2. The Hall–Kier alpha value is -3.65. The van der Waals surface area contributed by atoms with Gasteiger partial charge in [-0.3, -0.25) is 13.9 Å². The highest BCUT2D eigenvalue weighted by Gasteiger charge is 2.33. The second-order valence-electron chi connectivity index (χ2n) is 10.3. The first kappa shape index (κ1) is 30.9. The molecule has 3 aromatic carbocycles. The highest BCUT2D eigenvalue weighted by molar-refractivity contribution is 7.92. The van der Waals surface area contributed by atoms with Crippen molar-refractivity contribution in [2.45, 2.75) is 65.6 Å². The van der Waals surface area contributed by atoms with E-state index in [-0.39, 0.29) is 18.5 Å². The fourth-order valence-electron chi connectivity index (χ4n) is 4.53. The van der Waals surface area contributed by atoms with Gasteiger partial charge >= 0.3 is 0 Å². The molecular formula is C32H41N3O4S. The Balaban J connectivity index is 2.07. The van der Waals surface area contributed by atoms with Crippen LogP contribution in [0.25, 0.3) is 0 Å². The molecule has 8 heteroatoms. The second kappa shape index (κ2) is 14.1. The summed E-state index contributed by atoms with van der Waals surface area (Å²) < 4.78 is 27.2. The zero-order valence-corrected chi connectivity index (χ0v) is 24.9. The van der Waals surface area contributed by atoms with Crippen LogP contribution in [0.5, 0.6) is 0 Å². The summed E-state index contributed by atoms with van der Waals surface area (Å²) in [6, 6.07) is 23.6. The number of anilines is 1. The first-order valence-corrected chi connectivity index (χ1v) is 15.6. The van der Waals surface area contributed by atoms with Gasteiger partial charge in [0.1, 0.15) is 12.6 Å². The van der Waals surface area contributed by atoms with Gasteiger partial charge in [-0.05, 0) is 49.4 Å². The van der Waals surface area contributed by atoms with Crippen molar-refractivity contribution in [3.8, 4) is 0 Å². The lowest BCUT2D eigenvalue weighted by Crippen LogP contribution is -2.54. The number of hydrogen-bond donors (Lipinski definition) is 1. The van der Waals surface area contributed by atoms with Crippen molar-refractivity contribution < 1.29 is 18.0 Å². The maximum atomic E-state index is 14.2. The lowest BCUT2D eigenvalue weighted by atomic mass is 10.0. The van der Waals surface area contributed by atoms with E-state index >= 15 is 0 Å². The average Bonchev–Trinajstić information content (AvgIpc) is 2.94. The molecule has 214 valence electrons. The summed E-state index contributed by atoms with van der Waals surface area (Å²) in [4.78, 5) is 29.4. The number of amides is 2. The molecule has 0 spiro atoms. The number of hydrogen-bond acceptors (Lipinski definition) is 4. The van der Waals surface area contributed by atoms with E-state index in [9.17, 15) is 18.0 Å². The molecule has 1 N–H and O–H groups in total. The molecular weight excluding hydrogens is 522 g/mol. The van der Waals surface area contributed by atoms with E-state index in [0.717, 1.165) is 39.2 Å². The SMILES string of the molecule is CCc1ccccc1N(CC(=O)N(Cc1ccc(C)cc1)[C@@H](Cc1ccccc1)C(=O)N[C@@H](C)CC)S(C)(=O)=O. The van der Waals surface area contributed by atoms with Crippen LogP contribution in [-0.4, -0.2) is 50.0 Å². The van der Waals surface area contributed by atoms with Gasteiger partial charge in [0.05, 0.1) is 11.9 Å². The van der Waals surface area contributed by atoms with Crippen molar-refractivity contribution in [3.63, 3.8) is 0 Å². The molecule has 0 unspecified atom stereocenters. The zero-order chi connectivity index (χ0) is 29.3.